The molecule has 0 radical (unpaired) electrons. The van der Waals surface area contributed by atoms with E-state index < -0.39 is 16.0 Å². The number of halogens is 2. The van der Waals surface area contributed by atoms with Crippen LogP contribution in [0.3, 0.4) is 0 Å². The van der Waals surface area contributed by atoms with Crippen LogP contribution in [0, 0.1) is 6.92 Å². The van der Waals surface area contributed by atoms with E-state index in [2.05, 4.69) is 4.72 Å². The Bertz CT molecular complexity index is 1460. The molecule has 4 aromatic rings. The van der Waals surface area contributed by atoms with E-state index in [0.717, 1.165) is 0 Å². The Labute approximate surface area is 195 Å². The summed E-state index contributed by atoms with van der Waals surface area (Å²) in [5.74, 6) is -0.130. The number of ether oxygens (including phenoxy) is 1. The Morgan fingerprint density at radius 3 is 2.50 bits per heavy atom. The van der Waals surface area contributed by atoms with Crippen molar-refractivity contribution < 1.29 is 22.4 Å². The van der Waals surface area contributed by atoms with Gasteiger partial charge in [-0.25, -0.2) is 13.2 Å². The topological polar surface area (TPSA) is 85.6 Å². The second-order valence-corrected chi connectivity index (χ2v) is 9.69. The number of carbonyl (C=O) groups is 1. The van der Waals surface area contributed by atoms with E-state index in [1.807, 2.05) is 6.92 Å². The SMILES string of the molecule is CCCOC(=O)c1c(C)oc2c1cc(NS(=O)(=O)c1cc(Cl)ccc1Cl)c1ccccc12. The van der Waals surface area contributed by atoms with Crippen LogP contribution in [0.4, 0.5) is 5.69 Å². The fraction of sp³-hybridized carbons (Fsp3) is 0.174. The number of benzene rings is 3. The first kappa shape index (κ1) is 22.5. The van der Waals surface area contributed by atoms with Crippen molar-refractivity contribution in [1.82, 2.24) is 0 Å². The van der Waals surface area contributed by atoms with Gasteiger partial charge in [-0.05, 0) is 37.6 Å². The molecule has 6 nitrogen and oxygen atoms in total. The van der Waals surface area contributed by atoms with Crippen molar-refractivity contribution in [2.24, 2.45) is 0 Å². The highest BCUT2D eigenvalue weighted by Crippen LogP contribution is 2.38. The molecular formula is C23H19Cl2NO5S. The first-order valence-electron chi connectivity index (χ1n) is 9.82. The molecule has 1 heterocycles. The van der Waals surface area contributed by atoms with Gasteiger partial charge in [-0.1, -0.05) is 54.4 Å². The molecule has 3 aromatic carbocycles. The molecule has 0 aliphatic carbocycles. The summed E-state index contributed by atoms with van der Waals surface area (Å²) < 4.78 is 40.1. The van der Waals surface area contributed by atoms with Crippen LogP contribution in [-0.4, -0.2) is 21.0 Å². The zero-order chi connectivity index (χ0) is 23.0. The van der Waals surface area contributed by atoms with Crippen LogP contribution < -0.4 is 4.72 Å². The normalized spacial score (nSPS) is 11.8. The Morgan fingerprint density at radius 1 is 1.06 bits per heavy atom. The third kappa shape index (κ3) is 4.03. The number of anilines is 1. The summed E-state index contributed by atoms with van der Waals surface area (Å²) in [6.45, 7) is 3.84. The van der Waals surface area contributed by atoms with Crippen molar-refractivity contribution in [3.05, 3.63) is 69.9 Å². The minimum atomic E-state index is -4.08. The number of fused-ring (bicyclic) bond motifs is 3. The predicted octanol–water partition coefficient (Wildman–Crippen LogP) is 6.57. The number of hydrogen-bond donors (Lipinski definition) is 1. The molecule has 0 bridgehead atoms. The van der Waals surface area contributed by atoms with Gasteiger partial charge < -0.3 is 9.15 Å². The fourth-order valence-corrected chi connectivity index (χ4v) is 5.36. The largest absolute Gasteiger partial charge is 0.462 e. The van der Waals surface area contributed by atoms with Crippen LogP contribution in [0.15, 0.2) is 57.8 Å². The lowest BCUT2D eigenvalue weighted by Gasteiger charge is -2.13. The molecule has 0 aliphatic rings. The van der Waals surface area contributed by atoms with Gasteiger partial charge in [-0.15, -0.1) is 0 Å². The number of rotatable bonds is 6. The van der Waals surface area contributed by atoms with Gasteiger partial charge in [0.1, 0.15) is 21.8 Å². The fourth-order valence-electron chi connectivity index (χ4n) is 3.53. The van der Waals surface area contributed by atoms with Crippen LogP contribution in [0.5, 0.6) is 0 Å². The average Bonchev–Trinajstić information content (AvgIpc) is 3.09. The lowest BCUT2D eigenvalue weighted by Crippen LogP contribution is -2.14. The predicted molar refractivity (Wildman–Crippen MR) is 126 cm³/mol. The summed E-state index contributed by atoms with van der Waals surface area (Å²) in [6, 6.07) is 12.9. The Morgan fingerprint density at radius 2 is 1.78 bits per heavy atom. The molecular weight excluding hydrogens is 473 g/mol. The minimum Gasteiger partial charge on any atom is -0.462 e. The van der Waals surface area contributed by atoms with E-state index in [1.54, 1.807) is 37.3 Å². The zero-order valence-corrected chi connectivity index (χ0v) is 19.6. The molecule has 1 N–H and O–H groups in total. The van der Waals surface area contributed by atoms with Crippen molar-refractivity contribution >= 4 is 66.6 Å². The van der Waals surface area contributed by atoms with E-state index >= 15 is 0 Å². The average molecular weight is 492 g/mol. The van der Waals surface area contributed by atoms with Gasteiger partial charge in [-0.2, -0.15) is 0 Å². The lowest BCUT2D eigenvalue weighted by atomic mass is 10.0. The van der Waals surface area contributed by atoms with Crippen LogP contribution >= 0.6 is 23.2 Å². The number of esters is 1. The number of nitrogens with one attached hydrogen (secondary N) is 1. The van der Waals surface area contributed by atoms with Crippen molar-refractivity contribution in [2.45, 2.75) is 25.2 Å². The maximum atomic E-state index is 13.2. The smallest absolute Gasteiger partial charge is 0.342 e. The summed E-state index contributed by atoms with van der Waals surface area (Å²) in [6.07, 6.45) is 0.676. The highest BCUT2D eigenvalue weighted by atomic mass is 35.5. The lowest BCUT2D eigenvalue weighted by molar-refractivity contribution is 0.0505. The number of carbonyl (C=O) groups excluding carboxylic acids is 1. The van der Waals surface area contributed by atoms with Gasteiger partial charge in [0.25, 0.3) is 10.0 Å². The number of aryl methyl sites for hydroxylation is 1. The summed E-state index contributed by atoms with van der Waals surface area (Å²) >= 11 is 12.1. The molecule has 0 amide bonds. The summed E-state index contributed by atoms with van der Waals surface area (Å²) in [5, 5.41) is 1.98. The molecule has 0 saturated carbocycles. The van der Waals surface area contributed by atoms with Crippen LogP contribution in [-0.2, 0) is 14.8 Å². The minimum absolute atomic E-state index is 0.0373. The van der Waals surface area contributed by atoms with Crippen LogP contribution in [0.25, 0.3) is 21.7 Å². The molecule has 0 fully saturated rings. The van der Waals surface area contributed by atoms with E-state index in [9.17, 15) is 13.2 Å². The van der Waals surface area contributed by atoms with Gasteiger partial charge >= 0.3 is 5.97 Å². The molecule has 1 aromatic heterocycles. The van der Waals surface area contributed by atoms with Crippen LogP contribution in [0.2, 0.25) is 10.0 Å². The molecule has 0 aliphatic heterocycles. The van der Waals surface area contributed by atoms with Crippen molar-refractivity contribution in [1.29, 1.82) is 0 Å². The van der Waals surface area contributed by atoms with Gasteiger partial charge in [0.2, 0.25) is 0 Å². The molecule has 4 rings (SSSR count). The third-order valence-electron chi connectivity index (χ3n) is 4.94. The maximum absolute atomic E-state index is 13.2. The first-order chi connectivity index (χ1) is 15.2. The second-order valence-electron chi connectivity index (χ2n) is 7.20. The van der Waals surface area contributed by atoms with Crippen molar-refractivity contribution in [3.8, 4) is 0 Å². The third-order valence-corrected chi connectivity index (χ3v) is 7.02. The molecule has 9 heteroatoms. The monoisotopic (exact) mass is 491 g/mol. The van der Waals surface area contributed by atoms with E-state index in [-0.39, 0.29) is 32.8 Å². The van der Waals surface area contributed by atoms with Gasteiger partial charge in [-0.3, -0.25) is 4.72 Å². The second kappa shape index (κ2) is 8.65. The molecule has 166 valence electrons. The van der Waals surface area contributed by atoms with E-state index in [4.69, 9.17) is 32.4 Å². The molecule has 0 atom stereocenters. The van der Waals surface area contributed by atoms with Gasteiger partial charge in [0.05, 0.1) is 17.3 Å². The van der Waals surface area contributed by atoms with Gasteiger partial charge in [0, 0.05) is 21.2 Å². The van der Waals surface area contributed by atoms with E-state index in [1.165, 1.54) is 18.2 Å². The summed E-state index contributed by atoms with van der Waals surface area (Å²) in [7, 11) is -4.08. The number of hydrogen-bond acceptors (Lipinski definition) is 5. The molecule has 0 unspecified atom stereocenters. The highest BCUT2D eigenvalue weighted by Gasteiger charge is 2.25. The number of sulfonamides is 1. The molecule has 0 saturated heterocycles. The Balaban J connectivity index is 1.92. The summed E-state index contributed by atoms with van der Waals surface area (Å²) in [5.41, 5.74) is 1.01. The van der Waals surface area contributed by atoms with Crippen molar-refractivity contribution in [2.75, 3.05) is 11.3 Å². The maximum Gasteiger partial charge on any atom is 0.342 e. The standard InChI is InChI=1S/C23H19Cl2NO5S/c1-3-10-30-23(27)21-13(2)31-22-16-7-5-4-6-15(16)19(12-17(21)22)26-32(28,29)20-11-14(24)8-9-18(20)25/h4-9,11-12,26H,3,10H2,1-2H3. The quantitative estimate of drug-likeness (QED) is 0.308. The van der Waals surface area contributed by atoms with Gasteiger partial charge in [0.15, 0.2) is 0 Å². The molecule has 0 spiro atoms. The summed E-state index contributed by atoms with van der Waals surface area (Å²) in [4.78, 5) is 12.5. The first-order valence-corrected chi connectivity index (χ1v) is 12.1. The van der Waals surface area contributed by atoms with E-state index in [0.29, 0.717) is 33.9 Å². The zero-order valence-electron chi connectivity index (χ0n) is 17.2. The Hall–Kier alpha value is -2.74. The van der Waals surface area contributed by atoms with Crippen molar-refractivity contribution in [3.63, 3.8) is 0 Å². The highest BCUT2D eigenvalue weighted by molar-refractivity contribution is 7.92. The Kier molecular flexibility index (Phi) is 6.07. The number of furan rings is 1. The molecule has 32 heavy (non-hydrogen) atoms. The van der Waals surface area contributed by atoms with Crippen LogP contribution in [0.1, 0.15) is 29.5 Å².